The maximum absolute atomic E-state index is 13.0. The number of halogens is 3. The van der Waals surface area contributed by atoms with Crippen molar-refractivity contribution >= 4 is 23.9 Å². The average molecular weight is 436 g/mol. The summed E-state index contributed by atoms with van der Waals surface area (Å²) in [6, 6.07) is 6.55. The van der Waals surface area contributed by atoms with Crippen LogP contribution in [0.5, 0.6) is 11.5 Å². The molecule has 0 aliphatic heterocycles. The van der Waals surface area contributed by atoms with Crippen molar-refractivity contribution in [3.8, 4) is 11.5 Å². The van der Waals surface area contributed by atoms with Gasteiger partial charge in [0.1, 0.15) is 0 Å². The summed E-state index contributed by atoms with van der Waals surface area (Å²) in [6.07, 6.45) is -1.52. The minimum atomic E-state index is -4.50. The van der Waals surface area contributed by atoms with Crippen molar-refractivity contribution in [2.45, 2.75) is 38.9 Å². The number of nitrogens with zero attached hydrogens (tertiary/aromatic N) is 2. The van der Waals surface area contributed by atoms with Gasteiger partial charge in [0.2, 0.25) is 0 Å². The van der Waals surface area contributed by atoms with E-state index in [2.05, 4.69) is 23.6 Å². The molecule has 0 fully saturated rings. The van der Waals surface area contributed by atoms with Gasteiger partial charge >= 0.3 is 6.18 Å². The molecule has 0 unspecified atom stereocenters. The van der Waals surface area contributed by atoms with Gasteiger partial charge in [0.15, 0.2) is 17.3 Å². The minimum Gasteiger partial charge on any atom is -0.493 e. The molecule has 0 heterocycles. The van der Waals surface area contributed by atoms with Crippen molar-refractivity contribution < 1.29 is 22.6 Å². The van der Waals surface area contributed by atoms with Gasteiger partial charge in [0.25, 0.3) is 0 Å². The topological polar surface area (TPSA) is 95.2 Å². The van der Waals surface area contributed by atoms with Crippen LogP contribution in [0.3, 0.4) is 0 Å². The van der Waals surface area contributed by atoms with Gasteiger partial charge in [-0.3, -0.25) is 4.99 Å². The Labute approximate surface area is 179 Å². The third kappa shape index (κ3) is 6.63. The summed E-state index contributed by atoms with van der Waals surface area (Å²) in [5, 5.41) is 0. The molecule has 31 heavy (non-hydrogen) atoms. The highest BCUT2D eigenvalue weighted by molar-refractivity contribution is 6.06. The first-order valence-electron chi connectivity index (χ1n) is 9.78. The molecule has 0 aromatic heterocycles. The number of ether oxygens (including phenoxy) is 2. The van der Waals surface area contributed by atoms with Gasteiger partial charge in [0.05, 0.1) is 25.8 Å². The summed E-state index contributed by atoms with van der Waals surface area (Å²) in [5.74, 6) is 1.11. The van der Waals surface area contributed by atoms with Crippen LogP contribution in [0.25, 0.3) is 0 Å². The maximum Gasteiger partial charge on any atom is 0.416 e. The number of alkyl halides is 3. The van der Waals surface area contributed by atoms with Gasteiger partial charge in [-0.25, -0.2) is 4.99 Å². The van der Waals surface area contributed by atoms with Crippen molar-refractivity contribution in [2.24, 2.45) is 9.98 Å². The fourth-order valence-electron chi connectivity index (χ4n) is 2.94. The van der Waals surface area contributed by atoms with Crippen molar-refractivity contribution in [2.75, 3.05) is 25.2 Å². The lowest BCUT2D eigenvalue weighted by molar-refractivity contribution is -0.137. The smallest absolute Gasteiger partial charge is 0.416 e. The van der Waals surface area contributed by atoms with Gasteiger partial charge in [-0.05, 0) is 43.0 Å². The molecular weight excluding hydrogens is 409 g/mol. The van der Waals surface area contributed by atoms with Gasteiger partial charge in [-0.1, -0.05) is 19.8 Å². The summed E-state index contributed by atoms with van der Waals surface area (Å²) in [6.45, 7) is 6.03. The number of nitrogens with two attached hydrogens (primary N) is 2. The molecule has 0 saturated heterocycles. The Kier molecular flexibility index (Phi) is 8.30. The number of nitrogen functional groups attached to an aromatic ring is 2. The second-order valence-corrected chi connectivity index (χ2v) is 6.90. The SMILES string of the molecule is C=NC(=NCc1cc(N)cc(C(F)(F)F)c1)c1cc(OCCCCC)c(OC)cc1N. The number of anilines is 2. The fourth-order valence-corrected chi connectivity index (χ4v) is 2.94. The zero-order valence-corrected chi connectivity index (χ0v) is 17.6. The van der Waals surface area contributed by atoms with E-state index < -0.39 is 11.7 Å². The molecule has 4 N–H and O–H groups in total. The largest absolute Gasteiger partial charge is 0.493 e. The summed E-state index contributed by atoms with van der Waals surface area (Å²) in [5.41, 5.74) is 12.0. The minimum absolute atomic E-state index is 0.000126. The molecule has 0 bridgehead atoms. The van der Waals surface area contributed by atoms with E-state index >= 15 is 0 Å². The number of methoxy groups -OCH3 is 1. The zero-order valence-electron chi connectivity index (χ0n) is 17.6. The standard InChI is InChI=1S/C22H27F3N4O2/c1-4-5-6-7-31-20-11-17(18(27)12-19(20)30-3)21(28-2)29-13-14-8-15(22(23,24)25)10-16(26)9-14/h8-12H,2,4-7,13,26-27H2,1,3H3. The molecule has 6 nitrogen and oxygen atoms in total. The highest BCUT2D eigenvalue weighted by atomic mass is 19.4. The molecule has 9 heteroatoms. The number of aliphatic imine (C=N–C) groups is 2. The van der Waals surface area contributed by atoms with Crippen molar-refractivity contribution in [1.29, 1.82) is 0 Å². The lowest BCUT2D eigenvalue weighted by Gasteiger charge is -2.14. The Morgan fingerprint density at radius 2 is 1.81 bits per heavy atom. The lowest BCUT2D eigenvalue weighted by Crippen LogP contribution is -2.08. The third-order valence-electron chi connectivity index (χ3n) is 4.49. The van der Waals surface area contributed by atoms with Crippen LogP contribution in [0, 0.1) is 0 Å². The van der Waals surface area contributed by atoms with Gasteiger partial charge in [-0.15, -0.1) is 0 Å². The zero-order chi connectivity index (χ0) is 23.0. The fraction of sp³-hybridized carbons (Fsp3) is 0.364. The Hall–Kier alpha value is -3.23. The maximum atomic E-state index is 13.0. The predicted molar refractivity (Wildman–Crippen MR) is 118 cm³/mol. The molecule has 2 aromatic rings. The molecule has 0 amide bonds. The number of hydrogen-bond donors (Lipinski definition) is 2. The van der Waals surface area contributed by atoms with Gasteiger partial charge in [0, 0.05) is 23.0 Å². The number of hydrogen-bond acceptors (Lipinski definition) is 5. The number of unbranched alkanes of at least 4 members (excludes halogenated alkanes) is 2. The highest BCUT2D eigenvalue weighted by Crippen LogP contribution is 2.34. The van der Waals surface area contributed by atoms with E-state index in [-0.39, 0.29) is 23.6 Å². The molecule has 0 aliphatic rings. The first kappa shape index (κ1) is 24.0. The van der Waals surface area contributed by atoms with Crippen LogP contribution in [0.2, 0.25) is 0 Å². The van der Waals surface area contributed by atoms with E-state index in [1.54, 1.807) is 12.1 Å². The molecule has 0 saturated carbocycles. The average Bonchev–Trinajstić information content (AvgIpc) is 2.72. The van der Waals surface area contributed by atoms with Crippen molar-refractivity contribution in [1.82, 2.24) is 0 Å². The van der Waals surface area contributed by atoms with Crippen LogP contribution in [-0.4, -0.2) is 26.3 Å². The highest BCUT2D eigenvalue weighted by Gasteiger charge is 2.31. The molecule has 168 valence electrons. The summed E-state index contributed by atoms with van der Waals surface area (Å²) < 4.78 is 50.2. The van der Waals surface area contributed by atoms with Crippen LogP contribution in [0.15, 0.2) is 40.3 Å². The first-order chi connectivity index (χ1) is 14.7. The molecule has 2 aromatic carbocycles. The van der Waals surface area contributed by atoms with Crippen molar-refractivity contribution in [3.05, 3.63) is 47.0 Å². The second-order valence-electron chi connectivity index (χ2n) is 6.90. The van der Waals surface area contributed by atoms with Crippen LogP contribution >= 0.6 is 0 Å². The van der Waals surface area contributed by atoms with Crippen LogP contribution in [0.1, 0.15) is 42.9 Å². The van der Waals surface area contributed by atoms with Crippen LogP contribution < -0.4 is 20.9 Å². The number of rotatable bonds is 9. The van der Waals surface area contributed by atoms with E-state index in [1.807, 2.05) is 0 Å². The third-order valence-corrected chi connectivity index (χ3v) is 4.49. The Morgan fingerprint density at radius 3 is 2.42 bits per heavy atom. The lowest BCUT2D eigenvalue weighted by atomic mass is 10.1. The molecule has 0 atom stereocenters. The van der Waals surface area contributed by atoms with E-state index in [1.165, 1.54) is 13.2 Å². The van der Waals surface area contributed by atoms with Gasteiger partial charge in [-0.2, -0.15) is 13.2 Å². The molecule has 0 spiro atoms. The van der Waals surface area contributed by atoms with Crippen LogP contribution in [-0.2, 0) is 12.7 Å². The summed E-state index contributed by atoms with van der Waals surface area (Å²) in [4.78, 5) is 8.21. The quantitative estimate of drug-likeness (QED) is 0.248. The summed E-state index contributed by atoms with van der Waals surface area (Å²) in [7, 11) is 1.51. The van der Waals surface area contributed by atoms with E-state index in [9.17, 15) is 13.2 Å². The summed E-state index contributed by atoms with van der Waals surface area (Å²) >= 11 is 0. The first-order valence-corrected chi connectivity index (χ1v) is 9.78. The molecular formula is C22H27F3N4O2. The predicted octanol–water partition coefficient (Wildman–Crippen LogP) is 5.09. The number of amidine groups is 1. The molecule has 2 rings (SSSR count). The molecule has 0 aliphatic carbocycles. The second kappa shape index (κ2) is 10.7. The van der Waals surface area contributed by atoms with Crippen molar-refractivity contribution in [3.63, 3.8) is 0 Å². The normalized spacial score (nSPS) is 12.0. The Balaban J connectivity index is 2.33. The number of benzene rings is 2. The molecule has 0 radical (unpaired) electrons. The monoisotopic (exact) mass is 436 g/mol. The Bertz CT molecular complexity index is 943. The van der Waals surface area contributed by atoms with E-state index in [0.717, 1.165) is 31.4 Å². The van der Waals surface area contributed by atoms with Gasteiger partial charge < -0.3 is 20.9 Å². The van der Waals surface area contributed by atoms with Crippen LogP contribution in [0.4, 0.5) is 24.5 Å². The van der Waals surface area contributed by atoms with E-state index in [0.29, 0.717) is 29.4 Å². The van der Waals surface area contributed by atoms with E-state index in [4.69, 9.17) is 20.9 Å². The Morgan fingerprint density at radius 1 is 1.06 bits per heavy atom.